The molecule has 1 aromatic carbocycles. The SMILES string of the molecule is CCC(=O)C(C/C=C\c1ccccc1)[N+](=O)[O-]. The van der Waals surface area contributed by atoms with Crippen molar-refractivity contribution in [2.45, 2.75) is 25.8 Å². The van der Waals surface area contributed by atoms with Crippen LogP contribution in [0.4, 0.5) is 0 Å². The van der Waals surface area contributed by atoms with E-state index in [1.165, 1.54) is 0 Å². The molecule has 0 aliphatic rings. The molecule has 0 amide bonds. The second kappa shape index (κ2) is 6.58. The van der Waals surface area contributed by atoms with Crippen LogP contribution in [0.15, 0.2) is 36.4 Å². The Labute approximate surface area is 100 Å². The molecular formula is C13H15NO3. The normalized spacial score (nSPS) is 12.5. The van der Waals surface area contributed by atoms with Crippen LogP contribution >= 0.6 is 0 Å². The van der Waals surface area contributed by atoms with Gasteiger partial charge in [-0.3, -0.25) is 14.9 Å². The number of carbonyl (C=O) groups is 1. The minimum Gasteiger partial charge on any atom is -0.292 e. The molecule has 0 radical (unpaired) electrons. The third kappa shape index (κ3) is 4.18. The van der Waals surface area contributed by atoms with E-state index in [-0.39, 0.29) is 18.6 Å². The fourth-order valence-corrected chi connectivity index (χ4v) is 1.47. The van der Waals surface area contributed by atoms with Crippen LogP contribution in [0.1, 0.15) is 25.3 Å². The van der Waals surface area contributed by atoms with E-state index < -0.39 is 11.0 Å². The molecule has 0 fully saturated rings. The largest absolute Gasteiger partial charge is 0.292 e. The van der Waals surface area contributed by atoms with Crippen LogP contribution in [0.2, 0.25) is 0 Å². The van der Waals surface area contributed by atoms with Gasteiger partial charge in [0, 0.05) is 17.8 Å². The summed E-state index contributed by atoms with van der Waals surface area (Å²) in [4.78, 5) is 21.5. The summed E-state index contributed by atoms with van der Waals surface area (Å²) in [6.45, 7) is 1.64. The van der Waals surface area contributed by atoms with Crippen molar-refractivity contribution in [2.75, 3.05) is 0 Å². The second-order valence-corrected chi connectivity index (χ2v) is 3.67. The average molecular weight is 233 g/mol. The first-order chi connectivity index (χ1) is 8.15. The first-order valence-corrected chi connectivity index (χ1v) is 5.53. The van der Waals surface area contributed by atoms with Crippen molar-refractivity contribution in [3.8, 4) is 0 Å². The fourth-order valence-electron chi connectivity index (χ4n) is 1.47. The van der Waals surface area contributed by atoms with Gasteiger partial charge >= 0.3 is 0 Å². The second-order valence-electron chi connectivity index (χ2n) is 3.67. The van der Waals surface area contributed by atoms with Gasteiger partial charge < -0.3 is 0 Å². The Morgan fingerprint density at radius 2 is 2.06 bits per heavy atom. The molecule has 0 aromatic heterocycles. The molecule has 0 saturated heterocycles. The Hall–Kier alpha value is -1.97. The summed E-state index contributed by atoms with van der Waals surface area (Å²) in [5, 5.41) is 10.7. The number of ketones is 1. The van der Waals surface area contributed by atoms with Crippen LogP contribution in [-0.2, 0) is 4.79 Å². The molecular weight excluding hydrogens is 218 g/mol. The van der Waals surface area contributed by atoms with Crippen LogP contribution in [-0.4, -0.2) is 16.7 Å². The van der Waals surface area contributed by atoms with E-state index in [0.717, 1.165) is 5.56 Å². The number of rotatable bonds is 6. The van der Waals surface area contributed by atoms with E-state index >= 15 is 0 Å². The molecule has 0 spiro atoms. The summed E-state index contributed by atoms with van der Waals surface area (Å²) >= 11 is 0. The van der Waals surface area contributed by atoms with Crippen molar-refractivity contribution in [3.05, 3.63) is 52.1 Å². The van der Waals surface area contributed by atoms with Crippen molar-refractivity contribution in [2.24, 2.45) is 0 Å². The quantitative estimate of drug-likeness (QED) is 0.560. The van der Waals surface area contributed by atoms with Gasteiger partial charge in [0.15, 0.2) is 0 Å². The Morgan fingerprint density at radius 1 is 1.41 bits per heavy atom. The maximum atomic E-state index is 11.3. The predicted molar refractivity (Wildman–Crippen MR) is 66.2 cm³/mol. The Morgan fingerprint density at radius 3 is 2.59 bits per heavy atom. The summed E-state index contributed by atoms with van der Waals surface area (Å²) in [6, 6.07) is 8.38. The molecule has 0 N–H and O–H groups in total. The minimum absolute atomic E-state index is 0.147. The lowest BCUT2D eigenvalue weighted by atomic mass is 10.1. The smallest absolute Gasteiger partial charge is 0.273 e. The zero-order chi connectivity index (χ0) is 12.7. The highest BCUT2D eigenvalue weighted by molar-refractivity contribution is 5.82. The van der Waals surface area contributed by atoms with E-state index in [0.29, 0.717) is 0 Å². The lowest BCUT2D eigenvalue weighted by molar-refractivity contribution is -0.506. The molecule has 1 aromatic rings. The van der Waals surface area contributed by atoms with Gasteiger partial charge in [0.2, 0.25) is 5.78 Å². The van der Waals surface area contributed by atoms with Gasteiger partial charge in [-0.15, -0.1) is 0 Å². The number of nitro groups is 1. The van der Waals surface area contributed by atoms with Gasteiger partial charge in [0.25, 0.3) is 6.04 Å². The molecule has 0 bridgehead atoms. The summed E-state index contributed by atoms with van der Waals surface area (Å²) in [6.07, 6.45) is 3.81. The Kier molecular flexibility index (Phi) is 5.07. The first kappa shape index (κ1) is 13.1. The molecule has 17 heavy (non-hydrogen) atoms. The Bertz CT molecular complexity index is 412. The highest BCUT2D eigenvalue weighted by atomic mass is 16.6. The monoisotopic (exact) mass is 233 g/mol. The fraction of sp³-hybridized carbons (Fsp3) is 0.308. The number of carbonyl (C=O) groups excluding carboxylic acids is 1. The number of nitrogens with zero attached hydrogens (tertiary/aromatic N) is 1. The zero-order valence-electron chi connectivity index (χ0n) is 9.70. The van der Waals surface area contributed by atoms with Gasteiger partial charge in [-0.1, -0.05) is 49.4 Å². The Balaban J connectivity index is 2.61. The lowest BCUT2D eigenvalue weighted by Gasteiger charge is -2.03. The van der Waals surface area contributed by atoms with E-state index in [2.05, 4.69) is 0 Å². The highest BCUT2D eigenvalue weighted by Crippen LogP contribution is 2.07. The van der Waals surface area contributed by atoms with Crippen LogP contribution < -0.4 is 0 Å². The molecule has 4 nitrogen and oxygen atoms in total. The van der Waals surface area contributed by atoms with Crippen molar-refractivity contribution in [1.29, 1.82) is 0 Å². The first-order valence-electron chi connectivity index (χ1n) is 5.53. The highest BCUT2D eigenvalue weighted by Gasteiger charge is 2.25. The molecule has 1 unspecified atom stereocenters. The van der Waals surface area contributed by atoms with E-state index in [4.69, 9.17) is 0 Å². The summed E-state index contributed by atoms with van der Waals surface area (Å²) < 4.78 is 0. The molecule has 90 valence electrons. The topological polar surface area (TPSA) is 60.2 Å². The number of hydrogen-bond acceptors (Lipinski definition) is 3. The van der Waals surface area contributed by atoms with Gasteiger partial charge in [-0.05, 0) is 5.56 Å². The third-order valence-corrected chi connectivity index (χ3v) is 2.44. The summed E-state index contributed by atoms with van der Waals surface area (Å²) in [7, 11) is 0. The summed E-state index contributed by atoms with van der Waals surface area (Å²) in [5.74, 6) is -0.326. The van der Waals surface area contributed by atoms with Gasteiger partial charge in [-0.25, -0.2) is 0 Å². The van der Waals surface area contributed by atoms with Crippen LogP contribution in [0.3, 0.4) is 0 Å². The maximum absolute atomic E-state index is 11.3. The van der Waals surface area contributed by atoms with Crippen LogP contribution in [0.5, 0.6) is 0 Å². The van der Waals surface area contributed by atoms with E-state index in [1.54, 1.807) is 19.1 Å². The van der Waals surface area contributed by atoms with Gasteiger partial charge in [0.05, 0.1) is 0 Å². The number of Topliss-reactive ketones (excluding diaryl/α,β-unsaturated/α-hetero) is 1. The van der Waals surface area contributed by atoms with Crippen LogP contribution in [0, 0.1) is 10.1 Å². The maximum Gasteiger partial charge on any atom is 0.273 e. The molecule has 0 heterocycles. The number of benzene rings is 1. The predicted octanol–water partition coefficient (Wildman–Crippen LogP) is 2.71. The lowest BCUT2D eigenvalue weighted by Crippen LogP contribution is -2.28. The van der Waals surface area contributed by atoms with Gasteiger partial charge in [-0.2, -0.15) is 0 Å². The molecule has 1 atom stereocenters. The molecule has 0 saturated carbocycles. The van der Waals surface area contributed by atoms with Crippen molar-refractivity contribution in [1.82, 2.24) is 0 Å². The average Bonchev–Trinajstić information content (AvgIpc) is 2.34. The molecule has 0 aliphatic carbocycles. The van der Waals surface area contributed by atoms with Crippen LogP contribution in [0.25, 0.3) is 6.08 Å². The number of hydrogen-bond donors (Lipinski definition) is 0. The van der Waals surface area contributed by atoms with E-state index in [9.17, 15) is 14.9 Å². The molecule has 4 heteroatoms. The molecule has 0 aliphatic heterocycles. The molecule has 1 rings (SSSR count). The third-order valence-electron chi connectivity index (χ3n) is 2.44. The standard InChI is InChI=1S/C13H15NO3/c1-2-13(15)12(14(16)17)10-6-9-11-7-4-3-5-8-11/h3-9,12H,2,10H2,1H3/b9-6-. The van der Waals surface area contributed by atoms with Gasteiger partial charge in [0.1, 0.15) is 0 Å². The minimum atomic E-state index is -1.11. The zero-order valence-corrected chi connectivity index (χ0v) is 9.70. The van der Waals surface area contributed by atoms with E-state index in [1.807, 2.05) is 30.3 Å². The van der Waals surface area contributed by atoms with Crippen molar-refractivity contribution < 1.29 is 9.72 Å². The summed E-state index contributed by atoms with van der Waals surface area (Å²) in [5.41, 5.74) is 0.971. The van der Waals surface area contributed by atoms with Crippen molar-refractivity contribution >= 4 is 11.9 Å². The van der Waals surface area contributed by atoms with Crippen molar-refractivity contribution in [3.63, 3.8) is 0 Å².